The summed E-state index contributed by atoms with van der Waals surface area (Å²) in [4.78, 5) is 5.14. The predicted octanol–water partition coefficient (Wildman–Crippen LogP) is 3.43. The number of halogens is 1. The summed E-state index contributed by atoms with van der Waals surface area (Å²) >= 11 is 7.49. The first-order chi connectivity index (χ1) is 8.10. The molecule has 92 valence electrons. The van der Waals surface area contributed by atoms with Crippen molar-refractivity contribution in [2.45, 2.75) is 32.2 Å². The zero-order valence-corrected chi connectivity index (χ0v) is 11.3. The van der Waals surface area contributed by atoms with Crippen LogP contribution in [0.5, 0.6) is 0 Å². The zero-order valence-electron chi connectivity index (χ0n) is 9.74. The van der Waals surface area contributed by atoms with Gasteiger partial charge in [0.25, 0.3) is 5.89 Å². The number of rotatable bonds is 4. The van der Waals surface area contributed by atoms with Gasteiger partial charge in [0, 0.05) is 0 Å². The number of hydrogen-bond donors (Lipinski definition) is 1. The number of nitrogens with two attached hydrogens (primary N) is 1. The molecule has 0 bridgehead atoms. The number of aromatic nitrogens is 2. The summed E-state index contributed by atoms with van der Waals surface area (Å²) in [7, 11) is 0. The molecule has 0 unspecified atom stereocenters. The van der Waals surface area contributed by atoms with E-state index in [-0.39, 0.29) is 0 Å². The molecule has 2 N–H and O–H groups in total. The van der Waals surface area contributed by atoms with E-state index in [1.54, 1.807) is 6.07 Å². The van der Waals surface area contributed by atoms with Gasteiger partial charge in [0.05, 0.1) is 10.6 Å². The molecule has 0 saturated heterocycles. The maximum atomic E-state index is 6.21. The van der Waals surface area contributed by atoms with Crippen molar-refractivity contribution in [2.75, 3.05) is 0 Å². The molecule has 0 aliphatic heterocycles. The van der Waals surface area contributed by atoms with Crippen LogP contribution in [0.4, 0.5) is 0 Å². The van der Waals surface area contributed by atoms with Gasteiger partial charge >= 0.3 is 0 Å². The van der Waals surface area contributed by atoms with Crippen molar-refractivity contribution < 1.29 is 4.52 Å². The normalized spacial score (nSPS) is 12.0. The number of nitrogens with zero attached hydrogens (tertiary/aromatic N) is 2. The van der Waals surface area contributed by atoms with Crippen LogP contribution in [-0.2, 0) is 5.54 Å². The highest BCUT2D eigenvalue weighted by molar-refractivity contribution is 7.14. The molecule has 2 aromatic heterocycles. The Labute approximate surface area is 109 Å². The topological polar surface area (TPSA) is 64.9 Å². The van der Waals surface area contributed by atoms with Crippen molar-refractivity contribution in [2.24, 2.45) is 5.73 Å². The van der Waals surface area contributed by atoms with E-state index in [1.807, 2.05) is 19.2 Å². The average Bonchev–Trinajstić information content (AvgIpc) is 2.96. The van der Waals surface area contributed by atoms with E-state index < -0.39 is 5.54 Å². The quantitative estimate of drug-likeness (QED) is 0.925. The van der Waals surface area contributed by atoms with Crippen molar-refractivity contribution in [3.8, 4) is 10.8 Å². The molecule has 0 aromatic carbocycles. The van der Waals surface area contributed by atoms with Gasteiger partial charge in [-0.25, -0.2) is 0 Å². The first-order valence-electron chi connectivity index (χ1n) is 5.47. The third kappa shape index (κ3) is 2.22. The third-order valence-electron chi connectivity index (χ3n) is 2.94. The lowest BCUT2D eigenvalue weighted by Gasteiger charge is -2.21. The SMILES string of the molecule is CCC(N)(CC)c1noc(-c2sccc2Cl)n1. The minimum absolute atomic E-state index is 0.441. The van der Waals surface area contributed by atoms with Crippen LogP contribution in [0.15, 0.2) is 16.0 Å². The van der Waals surface area contributed by atoms with Crippen LogP contribution in [0.1, 0.15) is 32.5 Å². The smallest absolute Gasteiger partial charge is 0.269 e. The maximum absolute atomic E-state index is 6.21. The lowest BCUT2D eigenvalue weighted by atomic mass is 9.93. The molecule has 0 atom stereocenters. The summed E-state index contributed by atoms with van der Waals surface area (Å²) in [5.74, 6) is 0.985. The second kappa shape index (κ2) is 4.76. The van der Waals surface area contributed by atoms with Crippen LogP contribution in [-0.4, -0.2) is 10.1 Å². The molecule has 0 aliphatic rings. The van der Waals surface area contributed by atoms with E-state index in [4.69, 9.17) is 21.9 Å². The molecular weight excluding hydrogens is 258 g/mol. The molecule has 0 fully saturated rings. The third-order valence-corrected chi connectivity index (χ3v) is 4.27. The Kier molecular flexibility index (Phi) is 3.51. The van der Waals surface area contributed by atoms with Crippen molar-refractivity contribution in [1.82, 2.24) is 10.1 Å². The van der Waals surface area contributed by atoms with Crippen molar-refractivity contribution in [1.29, 1.82) is 0 Å². The van der Waals surface area contributed by atoms with Crippen LogP contribution >= 0.6 is 22.9 Å². The Morgan fingerprint density at radius 3 is 2.71 bits per heavy atom. The molecule has 0 spiro atoms. The molecule has 2 rings (SSSR count). The minimum atomic E-state index is -0.522. The predicted molar refractivity (Wildman–Crippen MR) is 69.1 cm³/mol. The Hall–Kier alpha value is -0.910. The molecule has 0 amide bonds. The fraction of sp³-hybridized carbons (Fsp3) is 0.455. The summed E-state index contributed by atoms with van der Waals surface area (Å²) in [6.45, 7) is 4.02. The molecule has 2 heterocycles. The molecule has 0 radical (unpaired) electrons. The molecule has 0 aliphatic carbocycles. The number of hydrogen-bond acceptors (Lipinski definition) is 5. The largest absolute Gasteiger partial charge is 0.333 e. The van der Waals surface area contributed by atoms with Crippen LogP contribution < -0.4 is 5.73 Å². The molecule has 0 saturated carbocycles. The molecule has 17 heavy (non-hydrogen) atoms. The first-order valence-corrected chi connectivity index (χ1v) is 6.73. The second-order valence-corrected chi connectivity index (χ2v) is 5.21. The van der Waals surface area contributed by atoms with Crippen molar-refractivity contribution >= 4 is 22.9 Å². The highest BCUT2D eigenvalue weighted by Gasteiger charge is 2.29. The van der Waals surface area contributed by atoms with Gasteiger partial charge in [0.15, 0.2) is 5.82 Å². The fourth-order valence-electron chi connectivity index (χ4n) is 1.53. The van der Waals surface area contributed by atoms with Crippen molar-refractivity contribution in [3.63, 3.8) is 0 Å². The van der Waals surface area contributed by atoms with Gasteiger partial charge in [-0.3, -0.25) is 0 Å². The first kappa shape index (κ1) is 12.5. The van der Waals surface area contributed by atoms with Gasteiger partial charge in [0.2, 0.25) is 0 Å². The van der Waals surface area contributed by atoms with Gasteiger partial charge in [-0.15, -0.1) is 11.3 Å². The Morgan fingerprint density at radius 1 is 1.47 bits per heavy atom. The zero-order chi connectivity index (χ0) is 12.5. The van der Waals surface area contributed by atoms with Gasteiger partial charge in [-0.05, 0) is 24.3 Å². The van der Waals surface area contributed by atoms with E-state index in [0.29, 0.717) is 16.7 Å². The molecule has 4 nitrogen and oxygen atoms in total. The minimum Gasteiger partial charge on any atom is -0.333 e. The summed E-state index contributed by atoms with van der Waals surface area (Å²) in [5.41, 5.74) is 5.69. The Balaban J connectivity index is 2.37. The van der Waals surface area contributed by atoms with E-state index in [1.165, 1.54) is 11.3 Å². The van der Waals surface area contributed by atoms with E-state index in [2.05, 4.69) is 10.1 Å². The van der Waals surface area contributed by atoms with Gasteiger partial charge in [0.1, 0.15) is 4.88 Å². The summed E-state index contributed by atoms with van der Waals surface area (Å²) < 4.78 is 5.22. The van der Waals surface area contributed by atoms with Gasteiger partial charge in [-0.2, -0.15) is 4.98 Å². The van der Waals surface area contributed by atoms with E-state index in [0.717, 1.165) is 17.7 Å². The van der Waals surface area contributed by atoms with Crippen LogP contribution in [0.2, 0.25) is 5.02 Å². The van der Waals surface area contributed by atoms with E-state index in [9.17, 15) is 0 Å². The Bertz CT molecular complexity index is 504. The van der Waals surface area contributed by atoms with Gasteiger partial charge in [-0.1, -0.05) is 30.6 Å². The molecule has 2 aromatic rings. The van der Waals surface area contributed by atoms with E-state index >= 15 is 0 Å². The lowest BCUT2D eigenvalue weighted by molar-refractivity contribution is 0.350. The number of thiophene rings is 1. The van der Waals surface area contributed by atoms with Gasteiger partial charge < -0.3 is 10.3 Å². The van der Waals surface area contributed by atoms with Crippen molar-refractivity contribution in [3.05, 3.63) is 22.3 Å². The maximum Gasteiger partial charge on any atom is 0.269 e. The Morgan fingerprint density at radius 2 is 2.18 bits per heavy atom. The van der Waals surface area contributed by atoms with Crippen LogP contribution in [0, 0.1) is 0 Å². The summed E-state index contributed by atoms with van der Waals surface area (Å²) in [6.07, 6.45) is 1.53. The highest BCUT2D eigenvalue weighted by Crippen LogP contribution is 2.33. The standard InChI is InChI=1S/C11H14ClN3OS/c1-3-11(13,4-2)10-14-9(16-15-10)8-7(12)5-6-17-8/h5-6H,3-4,13H2,1-2H3. The average molecular weight is 272 g/mol. The summed E-state index contributed by atoms with van der Waals surface area (Å²) in [5, 5.41) is 6.48. The highest BCUT2D eigenvalue weighted by atomic mass is 35.5. The monoisotopic (exact) mass is 271 g/mol. The van der Waals surface area contributed by atoms with Crippen LogP contribution in [0.25, 0.3) is 10.8 Å². The lowest BCUT2D eigenvalue weighted by Crippen LogP contribution is -2.36. The second-order valence-electron chi connectivity index (χ2n) is 3.88. The fourth-order valence-corrected chi connectivity index (χ4v) is 2.59. The molecule has 6 heteroatoms. The summed E-state index contributed by atoms with van der Waals surface area (Å²) in [6, 6.07) is 1.81. The van der Waals surface area contributed by atoms with Crippen LogP contribution in [0.3, 0.4) is 0 Å². The molecular formula is C11H14ClN3OS.